The first-order valence-corrected chi connectivity index (χ1v) is 6.24. The zero-order chi connectivity index (χ0) is 14.7. The number of amides is 3. The maximum absolute atomic E-state index is 12.0. The number of hydrazine groups is 1. The SMILES string of the molecule is CC1CC(=O)N(NC(=O)C2=CCC=C(C=O)C=C2)C1=O. The van der Waals surface area contributed by atoms with Crippen LogP contribution in [0.5, 0.6) is 0 Å². The predicted octanol–water partition coefficient (Wildman–Crippen LogP) is 0.424. The van der Waals surface area contributed by atoms with Crippen LogP contribution in [0.4, 0.5) is 0 Å². The fraction of sp³-hybridized carbons (Fsp3) is 0.286. The molecule has 1 fully saturated rings. The van der Waals surface area contributed by atoms with Gasteiger partial charge in [-0.3, -0.25) is 24.6 Å². The Bertz CT molecular complexity index is 572. The van der Waals surface area contributed by atoms with E-state index in [0.717, 1.165) is 5.01 Å². The third-order valence-electron chi connectivity index (χ3n) is 3.13. The molecule has 3 amide bonds. The van der Waals surface area contributed by atoms with Crippen LogP contribution in [0.1, 0.15) is 19.8 Å². The molecule has 2 rings (SSSR count). The van der Waals surface area contributed by atoms with Crippen LogP contribution in [0.3, 0.4) is 0 Å². The van der Waals surface area contributed by atoms with E-state index in [0.29, 0.717) is 23.9 Å². The molecule has 0 radical (unpaired) electrons. The van der Waals surface area contributed by atoms with E-state index in [-0.39, 0.29) is 6.42 Å². The van der Waals surface area contributed by atoms with E-state index in [2.05, 4.69) is 5.43 Å². The van der Waals surface area contributed by atoms with Crippen LogP contribution in [0.25, 0.3) is 0 Å². The second kappa shape index (κ2) is 5.64. The summed E-state index contributed by atoms with van der Waals surface area (Å²) >= 11 is 0. The summed E-state index contributed by atoms with van der Waals surface area (Å²) in [5, 5.41) is 0.765. The van der Waals surface area contributed by atoms with Crippen LogP contribution in [0, 0.1) is 5.92 Å². The van der Waals surface area contributed by atoms with Gasteiger partial charge in [0.2, 0.25) is 5.91 Å². The van der Waals surface area contributed by atoms with Gasteiger partial charge in [0.15, 0.2) is 0 Å². The maximum Gasteiger partial charge on any atom is 0.269 e. The second-order valence-corrected chi connectivity index (χ2v) is 4.66. The van der Waals surface area contributed by atoms with Crippen molar-refractivity contribution in [3.63, 3.8) is 0 Å². The van der Waals surface area contributed by atoms with Gasteiger partial charge >= 0.3 is 0 Å². The maximum atomic E-state index is 12.0. The Labute approximate surface area is 115 Å². The van der Waals surface area contributed by atoms with Gasteiger partial charge in [-0.15, -0.1) is 0 Å². The Kier molecular flexibility index (Phi) is 3.93. The van der Waals surface area contributed by atoms with Gasteiger partial charge in [0.05, 0.1) is 0 Å². The quantitative estimate of drug-likeness (QED) is 0.597. The number of imide groups is 1. The van der Waals surface area contributed by atoms with Crippen molar-refractivity contribution < 1.29 is 19.2 Å². The molecule has 0 aromatic rings. The Morgan fingerprint density at radius 3 is 2.70 bits per heavy atom. The summed E-state index contributed by atoms with van der Waals surface area (Å²) in [6, 6.07) is 0. The summed E-state index contributed by atoms with van der Waals surface area (Å²) in [7, 11) is 0. The fourth-order valence-electron chi connectivity index (χ4n) is 1.97. The molecule has 1 aliphatic carbocycles. The molecule has 104 valence electrons. The van der Waals surface area contributed by atoms with E-state index in [1.807, 2.05) is 0 Å². The number of nitrogens with one attached hydrogen (secondary N) is 1. The van der Waals surface area contributed by atoms with Crippen LogP contribution in [-0.4, -0.2) is 29.0 Å². The summed E-state index contributed by atoms with van der Waals surface area (Å²) in [5.74, 6) is -1.78. The van der Waals surface area contributed by atoms with E-state index >= 15 is 0 Å². The third-order valence-corrected chi connectivity index (χ3v) is 3.13. The zero-order valence-corrected chi connectivity index (χ0v) is 11.0. The molecule has 1 unspecified atom stereocenters. The molecule has 1 atom stereocenters. The third kappa shape index (κ3) is 2.74. The molecule has 0 saturated carbocycles. The summed E-state index contributed by atoms with van der Waals surface area (Å²) in [6.07, 6.45) is 7.53. The van der Waals surface area contributed by atoms with Gasteiger partial charge in [0.1, 0.15) is 6.29 Å². The monoisotopic (exact) mass is 274 g/mol. The lowest BCUT2D eigenvalue weighted by atomic mass is 10.1. The normalized spacial score (nSPS) is 22.2. The van der Waals surface area contributed by atoms with Crippen molar-refractivity contribution in [2.45, 2.75) is 19.8 Å². The van der Waals surface area contributed by atoms with Gasteiger partial charge in [0.25, 0.3) is 11.8 Å². The van der Waals surface area contributed by atoms with Crippen molar-refractivity contribution >= 4 is 24.0 Å². The van der Waals surface area contributed by atoms with E-state index in [1.165, 1.54) is 12.2 Å². The van der Waals surface area contributed by atoms with Gasteiger partial charge < -0.3 is 0 Å². The zero-order valence-electron chi connectivity index (χ0n) is 11.0. The molecular weight excluding hydrogens is 260 g/mol. The molecule has 20 heavy (non-hydrogen) atoms. The first-order valence-electron chi connectivity index (χ1n) is 6.24. The van der Waals surface area contributed by atoms with E-state index in [9.17, 15) is 19.2 Å². The summed E-state index contributed by atoms with van der Waals surface area (Å²) in [5.41, 5.74) is 3.09. The van der Waals surface area contributed by atoms with E-state index < -0.39 is 23.6 Å². The molecule has 6 nitrogen and oxygen atoms in total. The molecule has 0 bridgehead atoms. The summed E-state index contributed by atoms with van der Waals surface area (Å²) < 4.78 is 0. The van der Waals surface area contributed by atoms with E-state index in [4.69, 9.17) is 0 Å². The number of hydrogen-bond donors (Lipinski definition) is 1. The Morgan fingerprint density at radius 2 is 2.10 bits per heavy atom. The highest BCUT2D eigenvalue weighted by atomic mass is 16.2. The largest absolute Gasteiger partial charge is 0.298 e. The van der Waals surface area contributed by atoms with Crippen LogP contribution >= 0.6 is 0 Å². The molecule has 1 aliphatic heterocycles. The van der Waals surface area contributed by atoms with Crippen molar-refractivity contribution in [2.75, 3.05) is 0 Å². The van der Waals surface area contributed by atoms with Crippen LogP contribution in [0.15, 0.2) is 35.5 Å². The minimum Gasteiger partial charge on any atom is -0.298 e. The molecule has 6 heteroatoms. The number of rotatable bonds is 3. The van der Waals surface area contributed by atoms with Gasteiger partial charge in [0, 0.05) is 23.5 Å². The van der Waals surface area contributed by atoms with E-state index in [1.54, 1.807) is 19.1 Å². The summed E-state index contributed by atoms with van der Waals surface area (Å²) in [6.45, 7) is 1.64. The molecule has 1 N–H and O–H groups in total. The van der Waals surface area contributed by atoms with Gasteiger partial charge in [-0.2, -0.15) is 5.01 Å². The Balaban J connectivity index is 2.06. The minimum atomic E-state index is -0.544. The predicted molar refractivity (Wildman–Crippen MR) is 69.8 cm³/mol. The molecule has 1 saturated heterocycles. The highest BCUT2D eigenvalue weighted by molar-refractivity contribution is 6.06. The number of nitrogens with zero attached hydrogens (tertiary/aromatic N) is 1. The summed E-state index contributed by atoms with van der Waals surface area (Å²) in [4.78, 5) is 45.9. The van der Waals surface area contributed by atoms with Gasteiger partial charge in [-0.1, -0.05) is 25.2 Å². The second-order valence-electron chi connectivity index (χ2n) is 4.66. The number of carbonyl (C=O) groups excluding carboxylic acids is 4. The lowest BCUT2D eigenvalue weighted by molar-refractivity contribution is -0.147. The number of allylic oxidation sites excluding steroid dienone is 4. The van der Waals surface area contributed by atoms with Crippen molar-refractivity contribution in [3.05, 3.63) is 35.5 Å². The van der Waals surface area contributed by atoms with Crippen molar-refractivity contribution in [1.29, 1.82) is 0 Å². The topological polar surface area (TPSA) is 83.6 Å². The van der Waals surface area contributed by atoms with Gasteiger partial charge in [-0.05, 0) is 12.5 Å². The number of aldehydes is 1. The number of hydrogen-bond acceptors (Lipinski definition) is 4. The number of carbonyl (C=O) groups is 4. The highest BCUT2D eigenvalue weighted by Crippen LogP contribution is 2.17. The fourth-order valence-corrected chi connectivity index (χ4v) is 1.97. The molecule has 2 aliphatic rings. The first-order chi connectivity index (χ1) is 9.52. The van der Waals surface area contributed by atoms with Crippen LogP contribution < -0.4 is 5.43 Å². The molecule has 1 heterocycles. The Hall–Kier alpha value is -2.50. The Morgan fingerprint density at radius 1 is 1.35 bits per heavy atom. The van der Waals surface area contributed by atoms with Crippen molar-refractivity contribution in [2.24, 2.45) is 5.92 Å². The van der Waals surface area contributed by atoms with Crippen molar-refractivity contribution in [3.8, 4) is 0 Å². The average molecular weight is 274 g/mol. The van der Waals surface area contributed by atoms with Crippen molar-refractivity contribution in [1.82, 2.24) is 10.4 Å². The van der Waals surface area contributed by atoms with Crippen LogP contribution in [0.2, 0.25) is 0 Å². The first kappa shape index (κ1) is 13.9. The highest BCUT2D eigenvalue weighted by Gasteiger charge is 2.37. The minimum absolute atomic E-state index is 0.102. The average Bonchev–Trinajstić information content (AvgIpc) is 2.65. The standard InChI is InChI=1S/C14H14N2O4/c1-9-7-12(18)16(14(9)20)15-13(19)11-4-2-3-10(8-17)5-6-11/h3-6,8-9H,2,7H2,1H3,(H,15,19). The van der Waals surface area contributed by atoms with Gasteiger partial charge in [-0.25, -0.2) is 0 Å². The lowest BCUT2D eigenvalue weighted by Gasteiger charge is -2.15. The molecule has 0 aromatic heterocycles. The molecular formula is C14H14N2O4. The lowest BCUT2D eigenvalue weighted by Crippen LogP contribution is -2.46. The molecule has 0 spiro atoms. The van der Waals surface area contributed by atoms with Crippen LogP contribution in [-0.2, 0) is 19.2 Å². The smallest absolute Gasteiger partial charge is 0.269 e. The molecule has 0 aromatic carbocycles.